The van der Waals surface area contributed by atoms with Gasteiger partial charge in [0.1, 0.15) is 0 Å². The first-order valence-electron chi connectivity index (χ1n) is 5.29. The van der Waals surface area contributed by atoms with E-state index in [1.807, 2.05) is 12.1 Å². The number of rotatable bonds is 0. The van der Waals surface area contributed by atoms with Gasteiger partial charge in [0.15, 0.2) is 0 Å². The average Bonchev–Trinajstić information content (AvgIpc) is 3.25. The molecule has 3 aliphatic rings. The van der Waals surface area contributed by atoms with E-state index in [0.29, 0.717) is 0 Å². The largest absolute Gasteiger partial charge is 0.249 e. The van der Waals surface area contributed by atoms with E-state index in [4.69, 9.17) is 0 Å². The van der Waals surface area contributed by atoms with Gasteiger partial charge in [0.2, 0.25) is 0 Å². The van der Waals surface area contributed by atoms with Crippen LogP contribution in [0.2, 0.25) is 0 Å². The van der Waals surface area contributed by atoms with Crippen molar-refractivity contribution in [2.75, 3.05) is 0 Å². The van der Waals surface area contributed by atoms with Crippen molar-refractivity contribution in [3.63, 3.8) is 0 Å². The van der Waals surface area contributed by atoms with Crippen molar-refractivity contribution in [2.45, 2.75) is 39.2 Å². The summed E-state index contributed by atoms with van der Waals surface area (Å²) in [6.45, 7) is 0. The summed E-state index contributed by atoms with van der Waals surface area (Å²) in [5, 5.41) is 0. The van der Waals surface area contributed by atoms with Gasteiger partial charge >= 0.3 is 0 Å². The highest BCUT2D eigenvalue weighted by Gasteiger charge is 2.51. The molecule has 88 valence electrons. The van der Waals surface area contributed by atoms with Gasteiger partial charge in [0.05, 0.1) is 41.2 Å². The molecule has 0 fully saturated rings. The minimum atomic E-state index is -0.988. The Morgan fingerprint density at radius 3 is 1.61 bits per heavy atom. The van der Waals surface area contributed by atoms with E-state index in [2.05, 4.69) is 12.1 Å². The maximum atomic E-state index is 11.9. The predicted octanol–water partition coefficient (Wildman–Crippen LogP) is 3.26. The van der Waals surface area contributed by atoms with Crippen molar-refractivity contribution in [2.24, 2.45) is 0 Å². The van der Waals surface area contributed by atoms with Crippen molar-refractivity contribution in [3.8, 4) is 0 Å². The van der Waals surface area contributed by atoms with Crippen LogP contribution >= 0.6 is 23.5 Å². The maximum Gasteiger partial charge on any atom is 0.0900 e. The molecule has 2 unspecified atom stereocenters. The van der Waals surface area contributed by atoms with Crippen LogP contribution in [0, 0.1) is 0 Å². The Morgan fingerprint density at radius 2 is 1.17 bits per heavy atom. The van der Waals surface area contributed by atoms with Crippen LogP contribution in [0.25, 0.3) is 0 Å². The highest BCUT2D eigenvalue weighted by Crippen LogP contribution is 2.65. The first kappa shape index (κ1) is 10.3. The molecule has 0 saturated heterocycles. The van der Waals surface area contributed by atoms with Gasteiger partial charge in [-0.3, -0.25) is 0 Å². The molecule has 3 heterocycles. The molecular weight excluding hydrogens is 304 g/mol. The predicted molar refractivity (Wildman–Crippen MR) is 70.5 cm³/mol. The van der Waals surface area contributed by atoms with Crippen molar-refractivity contribution < 1.29 is 8.42 Å². The minimum Gasteiger partial charge on any atom is -0.249 e. The number of benzene rings is 2. The van der Waals surface area contributed by atoms with Gasteiger partial charge in [-0.15, -0.1) is 0 Å². The normalized spacial score (nSPS) is 24.7. The third kappa shape index (κ3) is 1.09. The molecule has 0 aromatic heterocycles. The Morgan fingerprint density at radius 1 is 0.722 bits per heavy atom. The Bertz CT molecular complexity index is 757. The van der Waals surface area contributed by atoms with Crippen molar-refractivity contribution >= 4 is 45.1 Å². The molecule has 6 heteroatoms. The second-order valence-electron chi connectivity index (χ2n) is 4.16. The Hall–Kier alpha value is -0.560. The van der Waals surface area contributed by atoms with Crippen LogP contribution in [0.1, 0.15) is 0 Å². The number of fused-ring (bicyclic) bond motifs is 7. The van der Waals surface area contributed by atoms with E-state index in [9.17, 15) is 8.42 Å². The number of hydrogen-bond acceptors (Lipinski definition) is 4. The summed E-state index contributed by atoms with van der Waals surface area (Å²) in [4.78, 5) is 8.14. The SMILES string of the molecule is O=S1c2c3c(c4c(c21)S4=O)Sc1ccccc1S3. The van der Waals surface area contributed by atoms with E-state index in [1.54, 1.807) is 23.5 Å². The first-order chi connectivity index (χ1) is 8.77. The molecule has 0 radical (unpaired) electrons. The molecule has 2 nitrogen and oxygen atoms in total. The van der Waals surface area contributed by atoms with Gasteiger partial charge < -0.3 is 0 Å². The Labute approximate surface area is 116 Å². The molecule has 0 amide bonds. The topological polar surface area (TPSA) is 34.1 Å². The van der Waals surface area contributed by atoms with E-state index >= 15 is 0 Å². The lowest BCUT2D eigenvalue weighted by atomic mass is 10.3. The van der Waals surface area contributed by atoms with Gasteiger partial charge in [0, 0.05) is 19.6 Å². The molecule has 18 heavy (non-hydrogen) atoms. The fourth-order valence-corrected chi connectivity index (χ4v) is 8.38. The van der Waals surface area contributed by atoms with Crippen LogP contribution in [0.4, 0.5) is 0 Å². The molecule has 0 bridgehead atoms. The van der Waals surface area contributed by atoms with Crippen LogP contribution in [0.5, 0.6) is 0 Å². The molecule has 3 aliphatic heterocycles. The quantitative estimate of drug-likeness (QED) is 0.411. The van der Waals surface area contributed by atoms with Crippen LogP contribution in [-0.4, -0.2) is 8.42 Å². The summed E-state index contributed by atoms with van der Waals surface area (Å²) in [6.07, 6.45) is 0. The van der Waals surface area contributed by atoms with Gasteiger partial charge in [-0.2, -0.15) is 0 Å². The summed E-state index contributed by atoms with van der Waals surface area (Å²) in [7, 11) is -1.98. The molecule has 0 saturated carbocycles. The molecule has 2 aromatic rings. The van der Waals surface area contributed by atoms with Crippen molar-refractivity contribution in [1.82, 2.24) is 0 Å². The Kier molecular flexibility index (Phi) is 1.78. The fourth-order valence-electron chi connectivity index (χ4n) is 2.25. The molecule has 0 aliphatic carbocycles. The average molecular weight is 308 g/mol. The molecule has 0 spiro atoms. The van der Waals surface area contributed by atoms with Gasteiger partial charge in [-0.1, -0.05) is 35.7 Å². The summed E-state index contributed by atoms with van der Waals surface area (Å²) in [6, 6.07) is 8.19. The molecule has 0 N–H and O–H groups in total. The smallest absolute Gasteiger partial charge is 0.0900 e. The zero-order valence-electron chi connectivity index (χ0n) is 8.76. The van der Waals surface area contributed by atoms with E-state index < -0.39 is 21.6 Å². The summed E-state index contributed by atoms with van der Waals surface area (Å²) >= 11 is 3.33. The highest BCUT2D eigenvalue weighted by atomic mass is 32.2. The fraction of sp³-hybridized carbons (Fsp3) is 0. The Balaban J connectivity index is 1.82. The molecule has 2 atom stereocenters. The van der Waals surface area contributed by atoms with Gasteiger partial charge in [-0.25, -0.2) is 8.42 Å². The van der Waals surface area contributed by atoms with Crippen LogP contribution in [0.15, 0.2) is 63.4 Å². The number of hydrogen-bond donors (Lipinski definition) is 0. The van der Waals surface area contributed by atoms with Gasteiger partial charge in [0.25, 0.3) is 0 Å². The lowest BCUT2D eigenvalue weighted by Gasteiger charge is -2.16. The molecule has 2 aromatic carbocycles. The lowest BCUT2D eigenvalue weighted by Crippen LogP contribution is -1.88. The highest BCUT2D eigenvalue weighted by molar-refractivity contribution is 8.06. The third-order valence-electron chi connectivity index (χ3n) is 3.17. The molecular formula is C12H4O2S4. The van der Waals surface area contributed by atoms with Crippen LogP contribution in [-0.2, 0) is 21.6 Å². The summed E-state index contributed by atoms with van der Waals surface area (Å²) in [5.41, 5.74) is 0. The summed E-state index contributed by atoms with van der Waals surface area (Å²) < 4.78 is 23.8. The lowest BCUT2D eigenvalue weighted by molar-refractivity contribution is 0.689. The zero-order valence-corrected chi connectivity index (χ0v) is 12.0. The maximum absolute atomic E-state index is 11.9. The van der Waals surface area contributed by atoms with Crippen LogP contribution in [0.3, 0.4) is 0 Å². The first-order valence-corrected chi connectivity index (χ1v) is 9.23. The van der Waals surface area contributed by atoms with E-state index in [1.165, 1.54) is 9.79 Å². The zero-order chi connectivity index (χ0) is 12.0. The minimum absolute atomic E-state index is 0.856. The second kappa shape index (κ2) is 3.12. The second-order valence-corrected chi connectivity index (χ2v) is 8.98. The van der Waals surface area contributed by atoms with Crippen LogP contribution < -0.4 is 0 Å². The monoisotopic (exact) mass is 308 g/mol. The van der Waals surface area contributed by atoms with Gasteiger partial charge in [-0.05, 0) is 12.1 Å². The third-order valence-corrected chi connectivity index (χ3v) is 8.90. The van der Waals surface area contributed by atoms with Crippen molar-refractivity contribution in [1.29, 1.82) is 0 Å². The van der Waals surface area contributed by atoms with Crippen molar-refractivity contribution in [3.05, 3.63) is 24.3 Å². The molecule has 5 rings (SSSR count). The standard InChI is InChI=1S/C12H4O2S4/c13-17-9-7-8(10-12(11(9)17)18(10)14)16-6-4-2-1-3-5(6)15-7/h1-4H. The summed E-state index contributed by atoms with van der Waals surface area (Å²) in [5.74, 6) is 0. The van der Waals surface area contributed by atoms with E-state index in [0.717, 1.165) is 29.4 Å². The van der Waals surface area contributed by atoms with E-state index in [-0.39, 0.29) is 0 Å².